The van der Waals surface area contributed by atoms with Crippen molar-refractivity contribution in [2.75, 3.05) is 26.4 Å². The van der Waals surface area contributed by atoms with E-state index in [1.807, 2.05) is 86.6 Å². The fraction of sp³-hybridized carbons (Fsp3) is 0.333. The minimum Gasteiger partial charge on any atom is -0.490 e. The van der Waals surface area contributed by atoms with Gasteiger partial charge in [-0.25, -0.2) is 9.59 Å². The maximum Gasteiger partial charge on any atom is 0.338 e. The normalized spacial score (nSPS) is 21.3. The number of hydrogen-bond acceptors (Lipinski definition) is 8. The first kappa shape index (κ1) is 42.4. The summed E-state index contributed by atoms with van der Waals surface area (Å²) in [5.41, 5.74) is 3.38. The molecule has 0 aromatic heterocycles. The highest BCUT2D eigenvalue weighted by Crippen LogP contribution is 2.54. The van der Waals surface area contributed by atoms with E-state index in [9.17, 15) is 9.59 Å². The summed E-state index contributed by atoms with van der Waals surface area (Å²) in [6.07, 6.45) is 7.34. The van der Waals surface area contributed by atoms with E-state index in [2.05, 4.69) is 48.5 Å². The molecule has 62 heavy (non-hydrogen) atoms. The van der Waals surface area contributed by atoms with Crippen LogP contribution in [0.2, 0.25) is 0 Å². The van der Waals surface area contributed by atoms with Crippen molar-refractivity contribution in [1.29, 1.82) is 0 Å². The van der Waals surface area contributed by atoms with Crippen molar-refractivity contribution in [1.82, 2.24) is 0 Å². The number of hydrogen-bond donors (Lipinski definition) is 0. The van der Waals surface area contributed by atoms with Crippen molar-refractivity contribution < 1.29 is 38.0 Å². The van der Waals surface area contributed by atoms with Gasteiger partial charge in [-0.05, 0) is 51.0 Å². The summed E-state index contributed by atoms with van der Waals surface area (Å²) in [5, 5.41) is 0. The standard InChI is InChI=1S/C54H56O8/c1-39-49-47(53(61-39,41-21-11-7-12-22-41)42-23-13-8-14-24-42)29-19-5-3-4-6-20-30-48-50(40(2)62-54(48,43-25-15-9-16-26-43)44-27-17-10-18-28-44)52(56)60-38-36-58-46-33-31-45(32-34-46)57-35-37-59-51(49)55/h7-18,21-28,31-34,47-48H,3-6,19-20,29-30,35-38H2,1-2H3. The Balaban J connectivity index is 1.06. The van der Waals surface area contributed by atoms with Crippen LogP contribution in [-0.2, 0) is 39.7 Å². The number of esters is 2. The molecule has 5 aromatic carbocycles. The van der Waals surface area contributed by atoms with E-state index in [0.717, 1.165) is 73.6 Å². The monoisotopic (exact) mass is 832 g/mol. The van der Waals surface area contributed by atoms with Gasteiger partial charge in [0.25, 0.3) is 0 Å². The maximum absolute atomic E-state index is 14.1. The zero-order valence-electron chi connectivity index (χ0n) is 35.8. The highest BCUT2D eigenvalue weighted by atomic mass is 16.6. The van der Waals surface area contributed by atoms with Gasteiger partial charge in [-0.15, -0.1) is 0 Å². The molecule has 5 aromatic rings. The van der Waals surface area contributed by atoms with E-state index in [0.29, 0.717) is 34.2 Å². The molecule has 9 rings (SSSR count). The smallest absolute Gasteiger partial charge is 0.338 e. The van der Waals surface area contributed by atoms with Crippen molar-refractivity contribution >= 4 is 11.9 Å². The molecule has 8 heteroatoms. The zero-order valence-corrected chi connectivity index (χ0v) is 35.8. The van der Waals surface area contributed by atoms with Crippen LogP contribution >= 0.6 is 0 Å². The SMILES string of the molecule is CC1=C2C(=O)OCCOc3ccc(cc3)OCCOC(=O)C3=C(C)OC(c4ccccc4)(c4ccccc4)C3CCCCCCCCC2C(c2ccccc2)(c2ccccc2)O1. The molecule has 2 atom stereocenters. The van der Waals surface area contributed by atoms with Gasteiger partial charge in [0.1, 0.15) is 49.4 Å². The molecule has 0 N–H and O–H groups in total. The molecule has 4 heterocycles. The number of rotatable bonds is 4. The van der Waals surface area contributed by atoms with Crippen molar-refractivity contribution in [3.05, 3.63) is 191 Å². The quantitative estimate of drug-likeness (QED) is 0.165. The van der Waals surface area contributed by atoms with Crippen molar-refractivity contribution in [3.63, 3.8) is 0 Å². The van der Waals surface area contributed by atoms with Gasteiger partial charge in [-0.2, -0.15) is 0 Å². The van der Waals surface area contributed by atoms with Crippen molar-refractivity contribution in [3.8, 4) is 11.5 Å². The molecule has 4 aliphatic heterocycles. The first-order valence-corrected chi connectivity index (χ1v) is 22.1. The van der Waals surface area contributed by atoms with Crippen molar-refractivity contribution in [2.45, 2.75) is 76.4 Å². The second-order valence-corrected chi connectivity index (χ2v) is 16.3. The van der Waals surface area contributed by atoms with E-state index in [4.69, 9.17) is 28.4 Å². The molecule has 320 valence electrons. The summed E-state index contributed by atoms with van der Waals surface area (Å²) in [4.78, 5) is 28.2. The van der Waals surface area contributed by atoms with Gasteiger partial charge in [-0.1, -0.05) is 160 Å². The van der Waals surface area contributed by atoms with E-state index in [1.54, 1.807) is 24.3 Å². The third kappa shape index (κ3) is 8.74. The molecular formula is C54H56O8. The highest BCUT2D eigenvalue weighted by molar-refractivity contribution is 5.91. The fourth-order valence-corrected chi connectivity index (χ4v) is 9.80. The van der Waals surface area contributed by atoms with Crippen LogP contribution in [0.25, 0.3) is 0 Å². The van der Waals surface area contributed by atoms with Crippen LogP contribution in [-0.4, -0.2) is 38.4 Å². The number of fused-ring (bicyclic) bond motifs is 17. The lowest BCUT2D eigenvalue weighted by Gasteiger charge is -2.37. The summed E-state index contributed by atoms with van der Waals surface area (Å²) < 4.78 is 37.7. The lowest BCUT2D eigenvalue weighted by Crippen LogP contribution is -2.37. The van der Waals surface area contributed by atoms with Crippen LogP contribution in [0.5, 0.6) is 11.5 Å². The number of carbonyl (C=O) groups is 2. The maximum atomic E-state index is 14.1. The molecule has 0 saturated carbocycles. The molecule has 4 aliphatic rings. The summed E-state index contributed by atoms with van der Waals surface area (Å²) in [5.74, 6) is 1.10. The van der Waals surface area contributed by atoms with Gasteiger partial charge >= 0.3 is 11.9 Å². The Morgan fingerprint density at radius 2 is 0.677 bits per heavy atom. The van der Waals surface area contributed by atoms with Crippen LogP contribution in [0.3, 0.4) is 0 Å². The number of benzene rings is 5. The number of ether oxygens (including phenoxy) is 6. The Labute approximate surface area is 365 Å². The van der Waals surface area contributed by atoms with Gasteiger partial charge in [0.2, 0.25) is 0 Å². The largest absolute Gasteiger partial charge is 0.490 e. The van der Waals surface area contributed by atoms with E-state index >= 15 is 0 Å². The first-order valence-electron chi connectivity index (χ1n) is 22.1. The van der Waals surface area contributed by atoms with Gasteiger partial charge in [0.05, 0.1) is 11.1 Å². The third-order valence-electron chi connectivity index (χ3n) is 12.5. The minimum absolute atomic E-state index is 0.0786. The molecule has 8 nitrogen and oxygen atoms in total. The van der Waals surface area contributed by atoms with E-state index in [1.165, 1.54) is 0 Å². The fourth-order valence-electron chi connectivity index (χ4n) is 9.80. The Morgan fingerprint density at radius 1 is 0.387 bits per heavy atom. The zero-order chi connectivity index (χ0) is 42.8. The van der Waals surface area contributed by atoms with E-state index in [-0.39, 0.29) is 50.2 Å². The average Bonchev–Trinajstić information content (AvgIpc) is 3.79. The van der Waals surface area contributed by atoms with E-state index < -0.39 is 11.2 Å². The molecule has 0 saturated heterocycles. The second kappa shape index (κ2) is 19.6. The summed E-state index contributed by atoms with van der Waals surface area (Å²) in [7, 11) is 0. The van der Waals surface area contributed by atoms with Gasteiger partial charge in [-0.3, -0.25) is 0 Å². The van der Waals surface area contributed by atoms with Crippen molar-refractivity contribution in [2.24, 2.45) is 11.8 Å². The summed E-state index contributed by atoms with van der Waals surface area (Å²) in [6, 6.07) is 48.2. The van der Waals surface area contributed by atoms with Gasteiger partial charge in [0, 0.05) is 34.1 Å². The van der Waals surface area contributed by atoms with Crippen LogP contribution in [0, 0.1) is 11.8 Å². The Morgan fingerprint density at radius 3 is 1.00 bits per heavy atom. The molecule has 0 aliphatic carbocycles. The summed E-state index contributed by atoms with van der Waals surface area (Å²) in [6.45, 7) is 4.29. The first-order chi connectivity index (χ1) is 30.4. The molecule has 0 amide bonds. The van der Waals surface area contributed by atoms with Crippen LogP contribution in [0.15, 0.2) is 168 Å². The van der Waals surface area contributed by atoms with Crippen LogP contribution in [0.4, 0.5) is 0 Å². The molecular weight excluding hydrogens is 777 g/mol. The molecule has 0 spiro atoms. The lowest BCUT2D eigenvalue weighted by atomic mass is 9.71. The average molecular weight is 833 g/mol. The second-order valence-electron chi connectivity index (χ2n) is 16.3. The molecule has 2 bridgehead atoms. The Hall–Kier alpha value is -6.28. The van der Waals surface area contributed by atoms with Gasteiger partial charge in [0.15, 0.2) is 11.2 Å². The minimum atomic E-state index is -0.887. The molecule has 0 radical (unpaired) electrons. The van der Waals surface area contributed by atoms with Crippen LogP contribution < -0.4 is 9.47 Å². The lowest BCUT2D eigenvalue weighted by molar-refractivity contribution is -0.141. The summed E-state index contributed by atoms with van der Waals surface area (Å²) >= 11 is 0. The number of allylic oxidation sites excluding steroid dienone is 2. The Kier molecular flexibility index (Phi) is 13.4. The third-order valence-corrected chi connectivity index (χ3v) is 12.5. The topological polar surface area (TPSA) is 89.5 Å². The number of carbonyl (C=O) groups excluding carboxylic acids is 2. The Bertz CT molecular complexity index is 2080. The predicted octanol–water partition coefficient (Wildman–Crippen LogP) is 11.4. The predicted molar refractivity (Wildman–Crippen MR) is 238 cm³/mol. The van der Waals surface area contributed by atoms with Gasteiger partial charge < -0.3 is 28.4 Å². The molecule has 2 unspecified atom stereocenters. The molecule has 0 fully saturated rings. The van der Waals surface area contributed by atoms with Crippen LogP contribution in [0.1, 0.15) is 87.5 Å². The highest BCUT2D eigenvalue weighted by Gasteiger charge is 2.54.